The number of aliphatic hydroxyl groups excluding tert-OH is 1. The number of likely N-dealkylation sites (tertiary alicyclic amines) is 1. The van der Waals surface area contributed by atoms with Crippen LogP contribution in [0.4, 0.5) is 5.69 Å². The van der Waals surface area contributed by atoms with E-state index in [2.05, 4.69) is 17.2 Å². The van der Waals surface area contributed by atoms with Gasteiger partial charge < -0.3 is 21.1 Å². The van der Waals surface area contributed by atoms with E-state index in [4.69, 9.17) is 5.73 Å². The van der Waals surface area contributed by atoms with Gasteiger partial charge in [0.05, 0.1) is 23.6 Å². The Labute approximate surface area is 158 Å². The van der Waals surface area contributed by atoms with Crippen molar-refractivity contribution in [1.29, 1.82) is 0 Å². The molecule has 1 aromatic rings. The monoisotopic (exact) mass is 374 g/mol. The number of rotatable bonds is 3. The highest BCUT2D eigenvalue weighted by Crippen LogP contribution is 2.36. The summed E-state index contributed by atoms with van der Waals surface area (Å²) in [6.45, 7) is 2.60. The smallest absolute Gasteiger partial charge is 0.313 e. The summed E-state index contributed by atoms with van der Waals surface area (Å²) < 4.78 is 0. The van der Waals surface area contributed by atoms with Crippen LogP contribution in [-0.4, -0.2) is 51.4 Å². The van der Waals surface area contributed by atoms with E-state index in [1.54, 1.807) is 4.90 Å². The van der Waals surface area contributed by atoms with Gasteiger partial charge in [0.15, 0.2) is 0 Å². The number of hydrogen-bond acceptors (Lipinski definition) is 5. The van der Waals surface area contributed by atoms with E-state index in [1.807, 2.05) is 0 Å². The van der Waals surface area contributed by atoms with E-state index < -0.39 is 17.7 Å². The summed E-state index contributed by atoms with van der Waals surface area (Å²) in [6, 6.07) is 1.37. The number of hydrogen-bond donors (Lipinski definition) is 3. The Kier molecular flexibility index (Phi) is 5.74. The van der Waals surface area contributed by atoms with Gasteiger partial charge in [-0.15, -0.1) is 0 Å². The quantitative estimate of drug-likeness (QED) is 0.678. The molecule has 1 unspecified atom stereocenters. The van der Waals surface area contributed by atoms with Gasteiger partial charge in [0.1, 0.15) is 0 Å². The first-order chi connectivity index (χ1) is 12.8. The predicted molar refractivity (Wildman–Crippen MR) is 98.6 cm³/mol. The lowest BCUT2D eigenvalue weighted by atomic mass is 9.85. The average molecular weight is 374 g/mol. The van der Waals surface area contributed by atoms with E-state index in [9.17, 15) is 19.5 Å². The lowest BCUT2D eigenvalue weighted by molar-refractivity contribution is -0.147. The SMILES string of the molecule is C[C@@H]1CC[C@@H]([C@@H]2CCC(O)C2)N(C(=O)C(=O)Nc2cncc(C(N)=O)c2)C1. The predicted octanol–water partition coefficient (Wildman–Crippen LogP) is 0.907. The second kappa shape index (κ2) is 8.04. The van der Waals surface area contributed by atoms with E-state index in [0.29, 0.717) is 18.9 Å². The lowest BCUT2D eigenvalue weighted by Crippen LogP contribution is -2.52. The Hall–Kier alpha value is -2.48. The Balaban J connectivity index is 1.72. The molecule has 1 aliphatic heterocycles. The van der Waals surface area contributed by atoms with Gasteiger partial charge >= 0.3 is 11.8 Å². The highest BCUT2D eigenvalue weighted by molar-refractivity contribution is 6.39. The van der Waals surface area contributed by atoms with Crippen LogP contribution in [0.2, 0.25) is 0 Å². The third kappa shape index (κ3) is 4.44. The van der Waals surface area contributed by atoms with Crippen LogP contribution < -0.4 is 11.1 Å². The molecule has 1 aliphatic carbocycles. The third-order valence-corrected chi connectivity index (χ3v) is 5.59. The van der Waals surface area contributed by atoms with Crippen LogP contribution >= 0.6 is 0 Å². The minimum Gasteiger partial charge on any atom is -0.393 e. The standard InChI is InChI=1S/C19H26N4O4/c1-11-2-5-16(12-3-4-15(24)7-12)23(10-11)19(27)18(26)22-14-6-13(17(20)25)8-21-9-14/h6,8-9,11-12,15-16,24H,2-5,7,10H2,1H3,(H2,20,25)(H,22,26)/t11-,12-,15?,16+/m1/s1. The summed E-state index contributed by atoms with van der Waals surface area (Å²) in [7, 11) is 0. The number of carbonyl (C=O) groups excluding carboxylic acids is 3. The van der Waals surface area contributed by atoms with Gasteiger partial charge in [-0.3, -0.25) is 19.4 Å². The number of nitrogens with two attached hydrogens (primary N) is 1. The van der Waals surface area contributed by atoms with Crippen molar-refractivity contribution >= 4 is 23.4 Å². The van der Waals surface area contributed by atoms with Crippen molar-refractivity contribution in [2.45, 2.75) is 51.2 Å². The van der Waals surface area contributed by atoms with Gasteiger partial charge in [-0.25, -0.2) is 0 Å². The van der Waals surface area contributed by atoms with Crippen molar-refractivity contribution in [1.82, 2.24) is 9.88 Å². The molecule has 0 radical (unpaired) electrons. The Morgan fingerprint density at radius 3 is 2.67 bits per heavy atom. The first kappa shape index (κ1) is 19.3. The van der Waals surface area contributed by atoms with E-state index in [1.165, 1.54) is 18.5 Å². The fourth-order valence-corrected chi connectivity index (χ4v) is 4.20. The number of amides is 3. The third-order valence-electron chi connectivity index (χ3n) is 5.59. The van der Waals surface area contributed by atoms with Crippen molar-refractivity contribution in [2.24, 2.45) is 17.6 Å². The molecule has 1 saturated carbocycles. The summed E-state index contributed by atoms with van der Waals surface area (Å²) in [6.07, 6.45) is 6.49. The average Bonchev–Trinajstić information content (AvgIpc) is 3.07. The number of carbonyl (C=O) groups is 3. The number of anilines is 1. The normalized spacial score (nSPS) is 28.0. The maximum atomic E-state index is 12.9. The molecule has 2 aliphatic rings. The molecule has 1 saturated heterocycles. The number of primary amides is 1. The number of nitrogens with one attached hydrogen (secondary N) is 1. The van der Waals surface area contributed by atoms with Crippen molar-refractivity contribution in [2.75, 3.05) is 11.9 Å². The summed E-state index contributed by atoms with van der Waals surface area (Å²) in [5.41, 5.74) is 5.63. The molecule has 3 amide bonds. The highest BCUT2D eigenvalue weighted by atomic mass is 16.3. The maximum Gasteiger partial charge on any atom is 0.313 e. The number of nitrogens with zero attached hydrogens (tertiary/aromatic N) is 2. The summed E-state index contributed by atoms with van der Waals surface area (Å²) in [4.78, 5) is 42.2. The molecule has 4 N–H and O–H groups in total. The second-order valence-electron chi connectivity index (χ2n) is 7.72. The van der Waals surface area contributed by atoms with Crippen molar-refractivity contribution in [3.63, 3.8) is 0 Å². The summed E-state index contributed by atoms with van der Waals surface area (Å²) in [5.74, 6) is -1.45. The van der Waals surface area contributed by atoms with Crippen LogP contribution in [0.1, 0.15) is 49.4 Å². The van der Waals surface area contributed by atoms with E-state index >= 15 is 0 Å². The van der Waals surface area contributed by atoms with E-state index in [0.717, 1.165) is 25.7 Å². The Morgan fingerprint density at radius 2 is 2.00 bits per heavy atom. The largest absolute Gasteiger partial charge is 0.393 e. The Bertz CT molecular complexity index is 738. The van der Waals surface area contributed by atoms with Crippen LogP contribution in [0.15, 0.2) is 18.5 Å². The fourth-order valence-electron chi connectivity index (χ4n) is 4.20. The summed E-state index contributed by atoms with van der Waals surface area (Å²) >= 11 is 0. The molecule has 146 valence electrons. The van der Waals surface area contributed by atoms with Gasteiger partial charge in [0, 0.05) is 18.8 Å². The van der Waals surface area contributed by atoms with Crippen LogP contribution in [0.25, 0.3) is 0 Å². The second-order valence-corrected chi connectivity index (χ2v) is 7.72. The van der Waals surface area contributed by atoms with Gasteiger partial charge in [-0.2, -0.15) is 0 Å². The number of pyridine rings is 1. The van der Waals surface area contributed by atoms with Crippen LogP contribution in [0.3, 0.4) is 0 Å². The maximum absolute atomic E-state index is 12.9. The molecule has 3 rings (SSSR count). The van der Waals surface area contributed by atoms with Crippen LogP contribution in [0, 0.1) is 11.8 Å². The zero-order valence-corrected chi connectivity index (χ0v) is 15.4. The van der Waals surface area contributed by atoms with E-state index in [-0.39, 0.29) is 29.3 Å². The molecule has 0 bridgehead atoms. The zero-order valence-electron chi connectivity index (χ0n) is 15.4. The highest BCUT2D eigenvalue weighted by Gasteiger charge is 2.40. The van der Waals surface area contributed by atoms with Gasteiger partial charge in [0.25, 0.3) is 0 Å². The molecule has 2 heterocycles. The zero-order chi connectivity index (χ0) is 19.6. The van der Waals surface area contributed by atoms with Crippen LogP contribution in [0.5, 0.6) is 0 Å². The first-order valence-electron chi connectivity index (χ1n) is 9.40. The molecule has 4 atom stereocenters. The van der Waals surface area contributed by atoms with Gasteiger partial charge in [0.2, 0.25) is 5.91 Å². The fraction of sp³-hybridized carbons (Fsp3) is 0.579. The minimum absolute atomic E-state index is 0.0216. The molecular weight excluding hydrogens is 348 g/mol. The lowest BCUT2D eigenvalue weighted by Gasteiger charge is -2.41. The molecule has 8 heteroatoms. The van der Waals surface area contributed by atoms with Crippen molar-refractivity contribution < 1.29 is 19.5 Å². The topological polar surface area (TPSA) is 126 Å². The molecule has 0 spiro atoms. The van der Waals surface area contributed by atoms with Gasteiger partial charge in [-0.05, 0) is 50.0 Å². The molecule has 0 aromatic carbocycles. The molecular formula is C19H26N4O4. The number of aliphatic hydroxyl groups is 1. The first-order valence-corrected chi connectivity index (χ1v) is 9.40. The van der Waals surface area contributed by atoms with Crippen molar-refractivity contribution in [3.05, 3.63) is 24.0 Å². The van der Waals surface area contributed by atoms with Crippen LogP contribution in [-0.2, 0) is 9.59 Å². The molecule has 2 fully saturated rings. The molecule has 1 aromatic heterocycles. The Morgan fingerprint density at radius 1 is 1.22 bits per heavy atom. The van der Waals surface area contributed by atoms with Gasteiger partial charge in [-0.1, -0.05) is 6.92 Å². The molecule has 8 nitrogen and oxygen atoms in total. The number of aromatic nitrogens is 1. The number of piperidine rings is 1. The molecule has 27 heavy (non-hydrogen) atoms. The summed E-state index contributed by atoms with van der Waals surface area (Å²) in [5, 5.41) is 12.4. The minimum atomic E-state index is -0.754. The van der Waals surface area contributed by atoms with Crippen molar-refractivity contribution in [3.8, 4) is 0 Å².